The number of furan rings is 1. The van der Waals surface area contributed by atoms with E-state index < -0.39 is 0 Å². The van der Waals surface area contributed by atoms with Gasteiger partial charge in [0.25, 0.3) is 0 Å². The average molecular weight is 370 g/mol. The molecule has 4 rings (SSSR count). The van der Waals surface area contributed by atoms with E-state index in [0.29, 0.717) is 18.8 Å². The van der Waals surface area contributed by atoms with Gasteiger partial charge in [-0.2, -0.15) is 0 Å². The summed E-state index contributed by atoms with van der Waals surface area (Å²) in [5, 5.41) is 9.24. The maximum atomic E-state index is 9.24. The predicted octanol–water partition coefficient (Wildman–Crippen LogP) is 0.641. The fourth-order valence-corrected chi connectivity index (χ4v) is 3.59. The van der Waals surface area contributed by atoms with Crippen LogP contribution in [0.25, 0.3) is 11.2 Å². The van der Waals surface area contributed by atoms with E-state index in [1.807, 2.05) is 18.2 Å². The van der Waals surface area contributed by atoms with Gasteiger partial charge in [0, 0.05) is 45.5 Å². The summed E-state index contributed by atoms with van der Waals surface area (Å²) in [5.41, 5.74) is 7.41. The highest BCUT2D eigenvalue weighted by Gasteiger charge is 2.20. The Hall–Kier alpha value is -2.26. The number of aromatic nitrogens is 3. The number of imidazole rings is 1. The van der Waals surface area contributed by atoms with Crippen molar-refractivity contribution in [3.63, 3.8) is 0 Å². The minimum atomic E-state index is -0.0944. The Morgan fingerprint density at radius 1 is 1.04 bits per heavy atom. The second kappa shape index (κ2) is 8.18. The Morgan fingerprint density at radius 3 is 2.56 bits per heavy atom. The summed E-state index contributed by atoms with van der Waals surface area (Å²) < 4.78 is 7.80. The van der Waals surface area contributed by atoms with E-state index in [9.17, 15) is 5.11 Å². The lowest BCUT2D eigenvalue weighted by Gasteiger charge is -2.34. The summed E-state index contributed by atoms with van der Waals surface area (Å²) in [6.07, 6.45) is 1.79. The van der Waals surface area contributed by atoms with Crippen molar-refractivity contribution in [1.82, 2.24) is 24.3 Å². The van der Waals surface area contributed by atoms with E-state index in [1.165, 1.54) is 0 Å². The van der Waals surface area contributed by atoms with Gasteiger partial charge >= 0.3 is 0 Å². The number of hydrogen-bond acceptors (Lipinski definition) is 7. The third-order valence-corrected chi connectivity index (χ3v) is 5.05. The van der Waals surface area contributed by atoms with Crippen molar-refractivity contribution in [2.45, 2.75) is 19.7 Å². The van der Waals surface area contributed by atoms with Crippen LogP contribution in [0, 0.1) is 0 Å². The first-order valence-corrected chi connectivity index (χ1v) is 9.40. The predicted molar refractivity (Wildman–Crippen MR) is 102 cm³/mol. The van der Waals surface area contributed by atoms with Gasteiger partial charge in [-0.3, -0.25) is 9.80 Å². The quantitative estimate of drug-likeness (QED) is 0.630. The smallest absolute Gasteiger partial charge is 0.160 e. The van der Waals surface area contributed by atoms with Crippen LogP contribution >= 0.6 is 0 Å². The fourth-order valence-electron chi connectivity index (χ4n) is 3.59. The molecule has 8 heteroatoms. The van der Waals surface area contributed by atoms with E-state index in [2.05, 4.69) is 19.4 Å². The third-order valence-electron chi connectivity index (χ3n) is 5.05. The Morgan fingerprint density at radius 2 is 1.81 bits per heavy atom. The van der Waals surface area contributed by atoms with Crippen LogP contribution in [0.5, 0.6) is 0 Å². The Kier molecular flexibility index (Phi) is 5.49. The molecule has 1 aliphatic rings. The number of hydrogen-bond donors (Lipinski definition) is 2. The molecule has 3 aromatic heterocycles. The number of piperazine rings is 1. The lowest BCUT2D eigenvalue weighted by Crippen LogP contribution is -2.47. The molecule has 4 heterocycles. The molecule has 3 N–H and O–H groups in total. The van der Waals surface area contributed by atoms with Gasteiger partial charge in [-0.05, 0) is 24.3 Å². The van der Waals surface area contributed by atoms with Crippen molar-refractivity contribution in [3.05, 3.63) is 47.8 Å². The molecule has 1 aliphatic heterocycles. The fraction of sp³-hybridized carbons (Fsp3) is 0.474. The highest BCUT2D eigenvalue weighted by molar-refractivity contribution is 5.71. The number of rotatable bonds is 7. The van der Waals surface area contributed by atoms with Gasteiger partial charge in [-0.25, -0.2) is 9.97 Å². The summed E-state index contributed by atoms with van der Waals surface area (Å²) >= 11 is 0. The van der Waals surface area contributed by atoms with E-state index in [-0.39, 0.29) is 6.61 Å². The van der Waals surface area contributed by atoms with E-state index in [0.717, 1.165) is 62.0 Å². The van der Waals surface area contributed by atoms with Crippen molar-refractivity contribution in [1.29, 1.82) is 0 Å². The number of aliphatic hydroxyl groups excluding tert-OH is 1. The monoisotopic (exact) mass is 370 g/mol. The van der Waals surface area contributed by atoms with Gasteiger partial charge in [0.05, 0.1) is 13.1 Å². The van der Waals surface area contributed by atoms with Crippen molar-refractivity contribution < 1.29 is 9.52 Å². The largest absolute Gasteiger partial charge is 0.462 e. The summed E-state index contributed by atoms with van der Waals surface area (Å²) in [7, 11) is 0. The first kappa shape index (κ1) is 18.1. The zero-order valence-corrected chi connectivity index (χ0v) is 15.4. The van der Waals surface area contributed by atoms with Gasteiger partial charge < -0.3 is 19.8 Å². The summed E-state index contributed by atoms with van der Waals surface area (Å²) in [6, 6.07) is 7.60. The molecule has 144 valence electrons. The van der Waals surface area contributed by atoms with Crippen molar-refractivity contribution in [2.24, 2.45) is 5.73 Å². The number of nitrogens with two attached hydrogens (primary N) is 1. The lowest BCUT2D eigenvalue weighted by molar-refractivity contribution is 0.126. The van der Waals surface area contributed by atoms with Crippen LogP contribution in [0.4, 0.5) is 0 Å². The molecule has 1 saturated heterocycles. The molecular weight excluding hydrogens is 344 g/mol. The van der Waals surface area contributed by atoms with Gasteiger partial charge in [-0.15, -0.1) is 0 Å². The van der Waals surface area contributed by atoms with Gasteiger partial charge in [0.15, 0.2) is 5.65 Å². The Balaban J connectivity index is 1.55. The Labute approximate surface area is 158 Å². The minimum Gasteiger partial charge on any atom is -0.462 e. The molecule has 8 nitrogen and oxygen atoms in total. The van der Waals surface area contributed by atoms with Gasteiger partial charge in [0.2, 0.25) is 0 Å². The molecule has 3 aromatic rings. The minimum absolute atomic E-state index is 0.0944. The van der Waals surface area contributed by atoms with E-state index in [1.54, 1.807) is 12.3 Å². The van der Waals surface area contributed by atoms with E-state index >= 15 is 0 Å². The first-order chi connectivity index (χ1) is 13.3. The van der Waals surface area contributed by atoms with Crippen LogP contribution in [-0.2, 0) is 19.7 Å². The molecule has 0 unspecified atom stereocenters. The van der Waals surface area contributed by atoms with Crippen LogP contribution in [0.15, 0.2) is 34.9 Å². The highest BCUT2D eigenvalue weighted by atomic mass is 16.4. The zero-order valence-electron chi connectivity index (χ0n) is 15.4. The van der Waals surface area contributed by atoms with Crippen LogP contribution < -0.4 is 5.73 Å². The van der Waals surface area contributed by atoms with Crippen molar-refractivity contribution in [3.8, 4) is 0 Å². The van der Waals surface area contributed by atoms with Crippen LogP contribution in [0.2, 0.25) is 0 Å². The van der Waals surface area contributed by atoms with Gasteiger partial charge in [-0.1, -0.05) is 0 Å². The summed E-state index contributed by atoms with van der Waals surface area (Å²) in [4.78, 5) is 14.2. The van der Waals surface area contributed by atoms with Crippen LogP contribution in [0.1, 0.15) is 17.3 Å². The second-order valence-corrected chi connectivity index (χ2v) is 6.89. The molecule has 0 amide bonds. The van der Waals surface area contributed by atoms with Gasteiger partial charge in [0.1, 0.15) is 29.5 Å². The van der Waals surface area contributed by atoms with Crippen molar-refractivity contribution in [2.75, 3.05) is 39.3 Å². The zero-order chi connectivity index (χ0) is 18.6. The van der Waals surface area contributed by atoms with Crippen LogP contribution in [0.3, 0.4) is 0 Å². The molecule has 0 bridgehead atoms. The number of pyridine rings is 1. The number of fused-ring (bicyclic) bond motifs is 1. The number of nitrogens with zero attached hydrogens (tertiary/aromatic N) is 5. The van der Waals surface area contributed by atoms with Crippen LogP contribution in [-0.4, -0.2) is 68.7 Å². The SMILES string of the molecule is NCCN1CCN(Cc2nc3cccnc3n2Cc2ccc(CO)o2)CC1. The molecule has 0 aromatic carbocycles. The first-order valence-electron chi connectivity index (χ1n) is 9.40. The molecule has 0 aliphatic carbocycles. The molecule has 1 fully saturated rings. The maximum Gasteiger partial charge on any atom is 0.160 e. The summed E-state index contributed by atoms with van der Waals surface area (Å²) in [5.74, 6) is 2.34. The summed E-state index contributed by atoms with van der Waals surface area (Å²) in [6.45, 7) is 6.99. The molecule has 0 atom stereocenters. The maximum absolute atomic E-state index is 9.24. The lowest BCUT2D eigenvalue weighted by atomic mass is 10.3. The molecule has 0 spiro atoms. The van der Waals surface area contributed by atoms with Crippen molar-refractivity contribution >= 4 is 11.2 Å². The standard InChI is InChI=1S/C19H26N6O2/c20-5-7-23-8-10-24(11-9-23)13-18-22-17-2-1-6-21-19(17)25(18)12-15-3-4-16(14-26)27-15/h1-4,6,26H,5,7-14,20H2. The normalized spacial score (nSPS) is 16.4. The molecule has 27 heavy (non-hydrogen) atoms. The number of aliphatic hydroxyl groups is 1. The Bertz CT molecular complexity index is 881. The molecular formula is C19H26N6O2. The molecule has 0 saturated carbocycles. The average Bonchev–Trinajstić information content (AvgIpc) is 3.29. The highest BCUT2D eigenvalue weighted by Crippen LogP contribution is 2.19. The van der Waals surface area contributed by atoms with E-state index in [4.69, 9.17) is 15.1 Å². The third kappa shape index (κ3) is 4.03. The second-order valence-electron chi connectivity index (χ2n) is 6.89. The topological polar surface area (TPSA) is 96.6 Å². The molecule has 0 radical (unpaired) electrons.